The molecule has 32 heavy (non-hydrogen) atoms. The van der Waals surface area contributed by atoms with Crippen LogP contribution in [-0.4, -0.2) is 12.6 Å². The molecule has 0 aliphatic carbocycles. The molecule has 0 unspecified atom stereocenters. The van der Waals surface area contributed by atoms with Gasteiger partial charge in [0.05, 0.1) is 23.5 Å². The largest absolute Gasteiger partial charge is 0.494 e. The normalized spacial score (nSPS) is 11.0. The van der Waals surface area contributed by atoms with E-state index in [1.807, 2.05) is 50.2 Å². The molecule has 0 radical (unpaired) electrons. The highest BCUT2D eigenvalue weighted by molar-refractivity contribution is 5.91. The lowest BCUT2D eigenvalue weighted by atomic mass is 10.1. The van der Waals surface area contributed by atoms with Gasteiger partial charge in [-0.3, -0.25) is 0 Å². The van der Waals surface area contributed by atoms with E-state index in [1.165, 1.54) is 19.3 Å². The third kappa shape index (κ3) is 7.05. The lowest BCUT2D eigenvalue weighted by Crippen LogP contribution is -2.08. The number of rotatable bonds is 10. The van der Waals surface area contributed by atoms with Gasteiger partial charge in [0.2, 0.25) is 0 Å². The van der Waals surface area contributed by atoms with Crippen LogP contribution >= 0.6 is 0 Å². The molecule has 3 rings (SSSR count). The second-order valence-electron chi connectivity index (χ2n) is 7.81. The Morgan fingerprint density at radius 3 is 2.22 bits per heavy atom. The first-order valence-electron chi connectivity index (χ1n) is 11.1. The van der Waals surface area contributed by atoms with Crippen molar-refractivity contribution in [1.82, 2.24) is 0 Å². The van der Waals surface area contributed by atoms with Gasteiger partial charge in [-0.25, -0.2) is 4.79 Å². The number of carbonyl (C=O) groups is 1. The Morgan fingerprint density at radius 2 is 1.53 bits per heavy atom. The van der Waals surface area contributed by atoms with Gasteiger partial charge >= 0.3 is 5.97 Å². The van der Waals surface area contributed by atoms with Gasteiger partial charge < -0.3 is 9.47 Å². The van der Waals surface area contributed by atoms with Crippen molar-refractivity contribution in [1.29, 1.82) is 0 Å². The molecule has 0 saturated heterocycles. The Labute approximate surface area is 190 Å². The quantitative estimate of drug-likeness (QED) is 0.142. The Hall–Kier alpha value is -3.47. The fourth-order valence-corrected chi connectivity index (χ4v) is 3.10. The van der Waals surface area contributed by atoms with Gasteiger partial charge in [0.1, 0.15) is 11.5 Å². The van der Waals surface area contributed by atoms with Gasteiger partial charge in [0.15, 0.2) is 0 Å². The number of benzene rings is 3. The molecule has 0 bridgehead atoms. The zero-order valence-electron chi connectivity index (χ0n) is 19.0. The van der Waals surface area contributed by atoms with E-state index in [1.54, 1.807) is 30.3 Å². The molecule has 3 aromatic carbocycles. The van der Waals surface area contributed by atoms with Crippen molar-refractivity contribution in [3.8, 4) is 11.5 Å². The summed E-state index contributed by atoms with van der Waals surface area (Å²) in [6.45, 7) is 6.82. The number of hydrogen-bond donors (Lipinski definition) is 0. The molecule has 3 aromatic rings. The van der Waals surface area contributed by atoms with Crippen molar-refractivity contribution in [2.75, 3.05) is 6.61 Å². The van der Waals surface area contributed by atoms with Crippen molar-refractivity contribution >= 4 is 17.3 Å². The fourth-order valence-electron chi connectivity index (χ4n) is 3.10. The summed E-state index contributed by atoms with van der Waals surface area (Å²) in [5, 5.41) is 8.64. The van der Waals surface area contributed by atoms with E-state index in [4.69, 9.17) is 9.47 Å². The molecule has 0 aromatic heterocycles. The maximum Gasteiger partial charge on any atom is 0.343 e. The van der Waals surface area contributed by atoms with Crippen LogP contribution in [0, 0.1) is 13.8 Å². The highest BCUT2D eigenvalue weighted by Crippen LogP contribution is 2.27. The van der Waals surface area contributed by atoms with E-state index in [2.05, 4.69) is 17.2 Å². The summed E-state index contributed by atoms with van der Waals surface area (Å²) in [4.78, 5) is 12.3. The minimum absolute atomic E-state index is 0.383. The number of aryl methyl sites for hydroxylation is 2. The molecule has 0 atom stereocenters. The number of hydrogen-bond acceptors (Lipinski definition) is 5. The van der Waals surface area contributed by atoms with Gasteiger partial charge in [0.25, 0.3) is 0 Å². The molecular formula is C27H30N2O3. The van der Waals surface area contributed by atoms with Crippen molar-refractivity contribution in [2.24, 2.45) is 10.2 Å². The highest BCUT2D eigenvalue weighted by atomic mass is 16.5. The highest BCUT2D eigenvalue weighted by Gasteiger charge is 2.09. The summed E-state index contributed by atoms with van der Waals surface area (Å²) in [6, 6.07) is 20.2. The Balaban J connectivity index is 1.55. The molecule has 0 fully saturated rings. The smallest absolute Gasteiger partial charge is 0.343 e. The van der Waals surface area contributed by atoms with Gasteiger partial charge in [-0.15, -0.1) is 0 Å². The van der Waals surface area contributed by atoms with Crippen LogP contribution in [0.1, 0.15) is 54.1 Å². The van der Waals surface area contributed by atoms with Crippen LogP contribution in [0.5, 0.6) is 11.5 Å². The standard InChI is InChI=1S/C27H30N2O3/c1-4-5-6-7-18-31-24-14-12-23(13-15-24)28-29-26-17-16-25(19-21(26)3)32-27(30)22-10-8-20(2)9-11-22/h8-17,19H,4-7,18H2,1-3H3. The molecule has 5 nitrogen and oxygen atoms in total. The summed E-state index contributed by atoms with van der Waals surface area (Å²) in [5.41, 5.74) is 3.95. The topological polar surface area (TPSA) is 60.3 Å². The minimum Gasteiger partial charge on any atom is -0.494 e. The van der Waals surface area contributed by atoms with Gasteiger partial charge in [-0.1, -0.05) is 43.9 Å². The van der Waals surface area contributed by atoms with E-state index >= 15 is 0 Å². The molecule has 0 spiro atoms. The maximum atomic E-state index is 12.3. The van der Waals surface area contributed by atoms with Crippen LogP contribution in [0.2, 0.25) is 0 Å². The van der Waals surface area contributed by atoms with Crippen LogP contribution in [0.25, 0.3) is 0 Å². The molecule has 0 aliphatic rings. The molecular weight excluding hydrogens is 400 g/mol. The SMILES string of the molecule is CCCCCCOc1ccc(N=Nc2ccc(OC(=O)c3ccc(C)cc3)cc2C)cc1. The second kappa shape index (κ2) is 11.8. The van der Waals surface area contributed by atoms with Crippen molar-refractivity contribution in [3.05, 3.63) is 83.4 Å². The number of ether oxygens (including phenoxy) is 2. The number of unbranched alkanes of at least 4 members (excludes halogenated alkanes) is 3. The monoisotopic (exact) mass is 430 g/mol. The van der Waals surface area contributed by atoms with Crippen LogP contribution in [0.3, 0.4) is 0 Å². The van der Waals surface area contributed by atoms with Gasteiger partial charge in [-0.05, 0) is 80.4 Å². The van der Waals surface area contributed by atoms with E-state index in [0.29, 0.717) is 11.3 Å². The first-order chi connectivity index (χ1) is 15.5. The Kier molecular flexibility index (Phi) is 8.55. The lowest BCUT2D eigenvalue weighted by molar-refractivity contribution is 0.0734. The first kappa shape index (κ1) is 23.2. The third-order valence-corrected chi connectivity index (χ3v) is 5.04. The molecule has 0 saturated carbocycles. The third-order valence-electron chi connectivity index (χ3n) is 5.04. The van der Waals surface area contributed by atoms with E-state index in [9.17, 15) is 4.79 Å². The minimum atomic E-state index is -0.383. The summed E-state index contributed by atoms with van der Waals surface area (Å²) in [6.07, 6.45) is 4.75. The van der Waals surface area contributed by atoms with Gasteiger partial charge in [-0.2, -0.15) is 10.2 Å². The average molecular weight is 431 g/mol. The summed E-state index contributed by atoms with van der Waals surface area (Å²) < 4.78 is 11.2. The van der Waals surface area contributed by atoms with E-state index in [-0.39, 0.29) is 5.97 Å². The predicted molar refractivity (Wildman–Crippen MR) is 128 cm³/mol. The second-order valence-corrected chi connectivity index (χ2v) is 7.81. The Bertz CT molecular complexity index is 1040. The van der Waals surface area contributed by atoms with Crippen molar-refractivity contribution in [2.45, 2.75) is 46.5 Å². The lowest BCUT2D eigenvalue weighted by Gasteiger charge is -2.07. The molecule has 0 aliphatic heterocycles. The van der Waals surface area contributed by atoms with Crippen LogP contribution < -0.4 is 9.47 Å². The molecule has 0 heterocycles. The fraction of sp³-hybridized carbons (Fsp3) is 0.296. The van der Waals surface area contributed by atoms with Gasteiger partial charge in [0, 0.05) is 0 Å². The van der Waals surface area contributed by atoms with Crippen molar-refractivity contribution < 1.29 is 14.3 Å². The molecule has 0 amide bonds. The van der Waals surface area contributed by atoms with Crippen LogP contribution in [0.15, 0.2) is 77.0 Å². The number of azo groups is 1. The van der Waals surface area contributed by atoms with Crippen LogP contribution in [-0.2, 0) is 0 Å². The molecule has 166 valence electrons. The Morgan fingerprint density at radius 1 is 0.812 bits per heavy atom. The summed E-state index contributed by atoms with van der Waals surface area (Å²) in [5.74, 6) is 0.940. The zero-order valence-corrected chi connectivity index (χ0v) is 19.0. The molecule has 5 heteroatoms. The predicted octanol–water partition coefficient (Wildman–Crippen LogP) is 7.90. The summed E-state index contributed by atoms with van der Waals surface area (Å²) in [7, 11) is 0. The number of esters is 1. The van der Waals surface area contributed by atoms with Crippen LogP contribution in [0.4, 0.5) is 11.4 Å². The van der Waals surface area contributed by atoms with E-state index < -0.39 is 0 Å². The first-order valence-corrected chi connectivity index (χ1v) is 11.1. The van der Waals surface area contributed by atoms with E-state index in [0.717, 1.165) is 41.3 Å². The van der Waals surface area contributed by atoms with Crippen molar-refractivity contribution in [3.63, 3.8) is 0 Å². The average Bonchev–Trinajstić information content (AvgIpc) is 2.79. The number of nitrogens with zero attached hydrogens (tertiary/aromatic N) is 2. The zero-order chi connectivity index (χ0) is 22.8. The summed E-state index contributed by atoms with van der Waals surface area (Å²) >= 11 is 0. The maximum absolute atomic E-state index is 12.3. The molecule has 0 N–H and O–H groups in total. The number of carbonyl (C=O) groups excluding carboxylic acids is 1.